The van der Waals surface area contributed by atoms with Gasteiger partial charge in [-0.15, -0.1) is 0 Å². The SMILES string of the molecule is CCCCCCCCC=CCCCCCCCC(=O)OC(=O)OC(=O)CCCCCCCC=CCCCCCCCC. The Labute approximate surface area is 259 Å². The molecule has 0 saturated carbocycles. The summed E-state index contributed by atoms with van der Waals surface area (Å²) in [6.45, 7) is 4.50. The zero-order valence-electron chi connectivity index (χ0n) is 27.6. The molecule has 42 heavy (non-hydrogen) atoms. The third-order valence-electron chi connectivity index (χ3n) is 7.68. The minimum absolute atomic E-state index is 0.176. The molecular weight excluding hydrogens is 524 g/mol. The second-order valence-corrected chi connectivity index (χ2v) is 11.9. The summed E-state index contributed by atoms with van der Waals surface area (Å²) in [5.74, 6) is -1.24. The minimum Gasteiger partial charge on any atom is -0.360 e. The van der Waals surface area contributed by atoms with E-state index in [2.05, 4.69) is 47.6 Å². The number of unbranched alkanes of at least 4 members (excludes halogenated alkanes) is 22. The summed E-state index contributed by atoms with van der Waals surface area (Å²) < 4.78 is 9.26. The number of rotatable bonds is 30. The summed E-state index contributed by atoms with van der Waals surface area (Å²) in [7, 11) is 0. The average molecular weight is 591 g/mol. The third-order valence-corrected chi connectivity index (χ3v) is 7.68. The molecule has 0 aromatic carbocycles. The van der Waals surface area contributed by atoms with Gasteiger partial charge in [0.2, 0.25) is 0 Å². The lowest BCUT2D eigenvalue weighted by Crippen LogP contribution is -2.17. The number of carbonyl (C=O) groups is 3. The highest BCUT2D eigenvalue weighted by molar-refractivity contribution is 5.88. The highest BCUT2D eigenvalue weighted by Crippen LogP contribution is 2.12. The van der Waals surface area contributed by atoms with E-state index >= 15 is 0 Å². The Morgan fingerprint density at radius 2 is 0.643 bits per heavy atom. The van der Waals surface area contributed by atoms with Crippen LogP contribution in [0.1, 0.15) is 194 Å². The van der Waals surface area contributed by atoms with Gasteiger partial charge in [0.15, 0.2) is 0 Å². The fraction of sp³-hybridized carbons (Fsp3) is 0.811. The molecule has 5 nitrogen and oxygen atoms in total. The van der Waals surface area contributed by atoms with E-state index in [0.29, 0.717) is 12.8 Å². The topological polar surface area (TPSA) is 69.7 Å². The van der Waals surface area contributed by atoms with E-state index in [1.165, 1.54) is 103 Å². The van der Waals surface area contributed by atoms with Gasteiger partial charge in [-0.25, -0.2) is 4.79 Å². The quantitative estimate of drug-likeness (QED) is 0.0360. The monoisotopic (exact) mass is 590 g/mol. The fourth-order valence-electron chi connectivity index (χ4n) is 4.99. The lowest BCUT2D eigenvalue weighted by Gasteiger charge is -2.04. The summed E-state index contributed by atoms with van der Waals surface area (Å²) in [4.78, 5) is 35.3. The van der Waals surface area contributed by atoms with Gasteiger partial charge in [-0.2, -0.15) is 0 Å². The lowest BCUT2D eigenvalue weighted by molar-refractivity contribution is -0.146. The van der Waals surface area contributed by atoms with Crippen molar-refractivity contribution >= 4 is 18.1 Å². The van der Waals surface area contributed by atoms with E-state index in [-0.39, 0.29) is 12.8 Å². The summed E-state index contributed by atoms with van der Waals surface area (Å²) in [6, 6.07) is 0. The molecule has 0 spiro atoms. The van der Waals surface area contributed by atoms with E-state index in [0.717, 1.165) is 51.4 Å². The highest BCUT2D eigenvalue weighted by atomic mass is 16.8. The van der Waals surface area contributed by atoms with Gasteiger partial charge in [0.1, 0.15) is 0 Å². The predicted molar refractivity (Wildman–Crippen MR) is 176 cm³/mol. The molecule has 0 aromatic rings. The van der Waals surface area contributed by atoms with Crippen molar-refractivity contribution in [2.75, 3.05) is 0 Å². The standard InChI is InChI=1S/C37H66O5/c1-3-5-7-9-11-13-15-17-19-21-23-25-27-29-31-33-35(38)41-37(40)42-36(39)34-32-30-28-26-24-22-20-18-16-14-12-10-8-6-4-2/h17-20H,3-16,21-34H2,1-2H3. The molecule has 0 fully saturated rings. The maximum atomic E-state index is 11.8. The molecule has 244 valence electrons. The molecule has 0 amide bonds. The second-order valence-electron chi connectivity index (χ2n) is 11.9. The van der Waals surface area contributed by atoms with Crippen LogP contribution in [0.3, 0.4) is 0 Å². The fourth-order valence-corrected chi connectivity index (χ4v) is 4.99. The number of esters is 2. The van der Waals surface area contributed by atoms with Gasteiger partial charge in [-0.3, -0.25) is 9.59 Å². The van der Waals surface area contributed by atoms with Crippen LogP contribution in [0.2, 0.25) is 0 Å². The van der Waals surface area contributed by atoms with Gasteiger partial charge >= 0.3 is 18.1 Å². The van der Waals surface area contributed by atoms with Crippen LogP contribution in [0.25, 0.3) is 0 Å². The van der Waals surface area contributed by atoms with E-state index in [9.17, 15) is 14.4 Å². The number of carbonyl (C=O) groups excluding carboxylic acids is 3. The molecule has 5 heteroatoms. The maximum absolute atomic E-state index is 11.8. The first-order valence-electron chi connectivity index (χ1n) is 17.8. The summed E-state index contributed by atoms with van der Waals surface area (Å²) in [6.07, 6.45) is 39.1. The largest absolute Gasteiger partial charge is 0.524 e. The van der Waals surface area contributed by atoms with Crippen molar-refractivity contribution in [1.82, 2.24) is 0 Å². The second kappa shape index (κ2) is 33.6. The van der Waals surface area contributed by atoms with Gasteiger partial charge < -0.3 is 9.47 Å². The Morgan fingerprint density at radius 1 is 0.381 bits per heavy atom. The number of hydrogen-bond donors (Lipinski definition) is 0. The van der Waals surface area contributed by atoms with Gasteiger partial charge in [-0.05, 0) is 64.2 Å². The van der Waals surface area contributed by atoms with Crippen LogP contribution in [-0.2, 0) is 19.1 Å². The first-order chi connectivity index (χ1) is 20.6. The van der Waals surface area contributed by atoms with Crippen LogP contribution < -0.4 is 0 Å². The van der Waals surface area contributed by atoms with Crippen LogP contribution in [0.4, 0.5) is 4.79 Å². The molecule has 0 aromatic heterocycles. The molecule has 0 N–H and O–H groups in total. The molecule has 0 bridgehead atoms. The molecule has 0 aliphatic carbocycles. The van der Waals surface area contributed by atoms with Crippen molar-refractivity contribution in [1.29, 1.82) is 0 Å². The normalized spacial score (nSPS) is 11.5. The lowest BCUT2D eigenvalue weighted by atomic mass is 10.1. The molecule has 0 aliphatic heterocycles. The predicted octanol–water partition coefficient (Wildman–Crippen LogP) is 12.3. The zero-order valence-corrected chi connectivity index (χ0v) is 27.6. The molecular formula is C37H66O5. The summed E-state index contributed by atoms with van der Waals surface area (Å²) in [5, 5.41) is 0. The van der Waals surface area contributed by atoms with E-state index in [4.69, 9.17) is 0 Å². The Hall–Kier alpha value is -1.91. The van der Waals surface area contributed by atoms with Gasteiger partial charge in [0.25, 0.3) is 0 Å². The molecule has 0 radical (unpaired) electrons. The average Bonchev–Trinajstić information content (AvgIpc) is 2.97. The third kappa shape index (κ3) is 32.6. The van der Waals surface area contributed by atoms with E-state index < -0.39 is 18.1 Å². The number of allylic oxidation sites excluding steroid dienone is 4. The van der Waals surface area contributed by atoms with E-state index in [1.807, 2.05) is 0 Å². The first kappa shape index (κ1) is 40.1. The maximum Gasteiger partial charge on any atom is 0.524 e. The van der Waals surface area contributed by atoms with Crippen molar-refractivity contribution in [3.05, 3.63) is 24.3 Å². The Balaban J connectivity index is 3.48. The zero-order chi connectivity index (χ0) is 30.8. The van der Waals surface area contributed by atoms with Crippen LogP contribution in [0.15, 0.2) is 24.3 Å². The molecule has 0 aliphatic rings. The smallest absolute Gasteiger partial charge is 0.360 e. The van der Waals surface area contributed by atoms with Crippen LogP contribution in [0, 0.1) is 0 Å². The summed E-state index contributed by atoms with van der Waals surface area (Å²) >= 11 is 0. The van der Waals surface area contributed by atoms with Crippen molar-refractivity contribution in [3.63, 3.8) is 0 Å². The van der Waals surface area contributed by atoms with Crippen molar-refractivity contribution in [3.8, 4) is 0 Å². The molecule has 0 atom stereocenters. The minimum atomic E-state index is -1.19. The van der Waals surface area contributed by atoms with Gasteiger partial charge in [0, 0.05) is 12.8 Å². The molecule has 0 unspecified atom stereocenters. The Kier molecular flexibility index (Phi) is 32.1. The van der Waals surface area contributed by atoms with Crippen LogP contribution >= 0.6 is 0 Å². The van der Waals surface area contributed by atoms with Gasteiger partial charge in [-0.1, -0.05) is 141 Å². The Bertz CT molecular complexity index is 626. The molecule has 0 rings (SSSR count). The van der Waals surface area contributed by atoms with Crippen molar-refractivity contribution < 1.29 is 23.9 Å². The number of ether oxygens (including phenoxy) is 2. The van der Waals surface area contributed by atoms with Crippen molar-refractivity contribution in [2.45, 2.75) is 194 Å². The number of hydrogen-bond acceptors (Lipinski definition) is 5. The van der Waals surface area contributed by atoms with Gasteiger partial charge in [0.05, 0.1) is 0 Å². The Morgan fingerprint density at radius 3 is 0.952 bits per heavy atom. The molecule has 0 heterocycles. The first-order valence-corrected chi connectivity index (χ1v) is 17.8. The van der Waals surface area contributed by atoms with Crippen LogP contribution in [-0.4, -0.2) is 18.1 Å². The van der Waals surface area contributed by atoms with E-state index in [1.54, 1.807) is 0 Å². The summed E-state index contributed by atoms with van der Waals surface area (Å²) in [5.41, 5.74) is 0. The van der Waals surface area contributed by atoms with Crippen molar-refractivity contribution in [2.24, 2.45) is 0 Å². The highest BCUT2D eigenvalue weighted by Gasteiger charge is 2.15. The molecule has 0 saturated heterocycles. The van der Waals surface area contributed by atoms with Crippen LogP contribution in [0.5, 0.6) is 0 Å².